The molecule has 0 aliphatic rings. The predicted molar refractivity (Wildman–Crippen MR) is 363 cm³/mol. The van der Waals surface area contributed by atoms with E-state index in [-0.39, 0.29) is 31.1 Å². The van der Waals surface area contributed by atoms with Crippen LogP contribution in [0.5, 0.6) is 0 Å². The van der Waals surface area contributed by atoms with Crippen LogP contribution in [0.25, 0.3) is 0 Å². The Morgan fingerprint density at radius 2 is 0.434 bits per heavy atom. The molecule has 0 fully saturated rings. The lowest BCUT2D eigenvalue weighted by molar-refractivity contribution is -0.167. The zero-order valence-electron chi connectivity index (χ0n) is 56.5. The summed E-state index contributed by atoms with van der Waals surface area (Å²) in [7, 11) is 0. The first-order valence-corrected chi connectivity index (χ1v) is 37.8. The minimum Gasteiger partial charge on any atom is -0.462 e. The van der Waals surface area contributed by atoms with Crippen LogP contribution in [0.3, 0.4) is 0 Å². The van der Waals surface area contributed by atoms with Crippen molar-refractivity contribution in [3.63, 3.8) is 0 Å². The molecule has 0 aromatic carbocycles. The zero-order valence-corrected chi connectivity index (χ0v) is 56.5. The normalized spacial score (nSPS) is 12.1. The first-order chi connectivity index (χ1) is 41.0. The van der Waals surface area contributed by atoms with Gasteiger partial charge in [-0.05, 0) is 51.4 Å². The fraction of sp³-hybridized carbons (Fsp3) is 0.909. The van der Waals surface area contributed by atoms with Crippen molar-refractivity contribution in [1.82, 2.24) is 0 Å². The van der Waals surface area contributed by atoms with Crippen LogP contribution >= 0.6 is 0 Å². The molecule has 0 aromatic heterocycles. The van der Waals surface area contributed by atoms with Crippen molar-refractivity contribution in [2.75, 3.05) is 13.2 Å². The molecule has 0 aromatic rings. The lowest BCUT2D eigenvalue weighted by atomic mass is 10.0. The van der Waals surface area contributed by atoms with Crippen LogP contribution in [-0.4, -0.2) is 37.2 Å². The Morgan fingerprint density at radius 1 is 0.241 bits per heavy atom. The smallest absolute Gasteiger partial charge is 0.306 e. The molecular formula is C77H146O6. The molecule has 0 heterocycles. The van der Waals surface area contributed by atoms with Gasteiger partial charge in [-0.15, -0.1) is 0 Å². The summed E-state index contributed by atoms with van der Waals surface area (Å²) in [6.45, 7) is 6.69. The van der Waals surface area contributed by atoms with Crippen molar-refractivity contribution < 1.29 is 28.6 Å². The lowest BCUT2D eigenvalue weighted by Crippen LogP contribution is -2.30. The lowest BCUT2D eigenvalue weighted by Gasteiger charge is -2.18. The number of hydrogen-bond acceptors (Lipinski definition) is 6. The van der Waals surface area contributed by atoms with Crippen molar-refractivity contribution in [2.45, 2.75) is 438 Å². The van der Waals surface area contributed by atoms with E-state index in [1.807, 2.05) is 0 Å². The Balaban J connectivity index is 4.02. The van der Waals surface area contributed by atoms with Crippen molar-refractivity contribution in [2.24, 2.45) is 0 Å². The molecule has 0 amide bonds. The molecule has 1 unspecified atom stereocenters. The Labute approximate surface area is 519 Å². The highest BCUT2D eigenvalue weighted by Gasteiger charge is 2.20. The fourth-order valence-electron chi connectivity index (χ4n) is 11.8. The second-order valence-electron chi connectivity index (χ2n) is 25.9. The number of rotatable bonds is 71. The van der Waals surface area contributed by atoms with Gasteiger partial charge in [-0.3, -0.25) is 14.4 Å². The highest BCUT2D eigenvalue weighted by atomic mass is 16.6. The van der Waals surface area contributed by atoms with E-state index in [0.29, 0.717) is 19.3 Å². The molecule has 6 heteroatoms. The van der Waals surface area contributed by atoms with Gasteiger partial charge >= 0.3 is 17.9 Å². The number of carbonyl (C=O) groups is 3. The molecule has 0 saturated carbocycles. The van der Waals surface area contributed by atoms with Crippen LogP contribution in [0.1, 0.15) is 432 Å². The Bertz CT molecular complexity index is 1340. The molecule has 0 saturated heterocycles. The van der Waals surface area contributed by atoms with Gasteiger partial charge in [0, 0.05) is 19.3 Å². The van der Waals surface area contributed by atoms with Gasteiger partial charge in [0.05, 0.1) is 0 Å². The van der Waals surface area contributed by atoms with Crippen LogP contribution in [0, 0.1) is 0 Å². The second kappa shape index (κ2) is 72.4. The number of allylic oxidation sites excluding steroid dienone is 4. The third-order valence-corrected chi connectivity index (χ3v) is 17.5. The van der Waals surface area contributed by atoms with Crippen molar-refractivity contribution >= 4 is 17.9 Å². The fourth-order valence-corrected chi connectivity index (χ4v) is 11.8. The monoisotopic (exact) mass is 1170 g/mol. The summed E-state index contributed by atoms with van der Waals surface area (Å²) in [6.07, 6.45) is 89.6. The molecule has 0 N–H and O–H groups in total. The molecule has 0 spiro atoms. The number of ether oxygens (including phenoxy) is 3. The summed E-state index contributed by atoms with van der Waals surface area (Å²) in [6, 6.07) is 0. The van der Waals surface area contributed by atoms with Crippen LogP contribution in [0.4, 0.5) is 0 Å². The van der Waals surface area contributed by atoms with E-state index in [2.05, 4.69) is 45.1 Å². The quantitative estimate of drug-likeness (QED) is 0.0261. The third kappa shape index (κ3) is 70.5. The summed E-state index contributed by atoms with van der Waals surface area (Å²) in [4.78, 5) is 38.4. The SMILES string of the molecule is CCCCC/C=C\C/C=C\CCCCCCCCCCCC(=O)OC(COC(=O)CCCCCCCCCCCCC)COC(=O)CCCCCCCCCCCCCCCCCCCCCCCCCCCCCCCCCCCCC. The largest absolute Gasteiger partial charge is 0.462 e. The standard InChI is InChI=1S/C77H146O6/c1-4-7-10-13-16-19-22-24-26-28-30-31-32-33-34-35-36-37-38-39-40-41-42-43-44-45-47-48-50-52-55-58-61-64-67-70-76(79)82-73-74(72-81-75(78)69-66-63-60-57-54-21-18-15-12-9-6-3)83-77(80)71-68-65-62-59-56-53-51-49-46-29-27-25-23-20-17-14-11-8-5-2/h17,20,25,27,74H,4-16,18-19,21-24,26,28-73H2,1-3H3/b20-17-,27-25-. The molecule has 1 atom stereocenters. The average Bonchev–Trinajstić information content (AvgIpc) is 3.48. The van der Waals surface area contributed by atoms with E-state index in [1.54, 1.807) is 0 Å². The third-order valence-electron chi connectivity index (χ3n) is 17.5. The van der Waals surface area contributed by atoms with Gasteiger partial charge in [0.15, 0.2) is 6.10 Å². The summed E-state index contributed by atoms with van der Waals surface area (Å²) in [5.41, 5.74) is 0. The molecule has 0 aliphatic heterocycles. The Hall–Kier alpha value is -2.11. The summed E-state index contributed by atoms with van der Waals surface area (Å²) >= 11 is 0. The molecule has 6 nitrogen and oxygen atoms in total. The average molecular weight is 1170 g/mol. The van der Waals surface area contributed by atoms with Crippen LogP contribution in [-0.2, 0) is 28.6 Å². The van der Waals surface area contributed by atoms with Crippen molar-refractivity contribution in [3.05, 3.63) is 24.3 Å². The number of esters is 3. The van der Waals surface area contributed by atoms with Crippen molar-refractivity contribution in [3.8, 4) is 0 Å². The van der Waals surface area contributed by atoms with E-state index >= 15 is 0 Å². The molecule has 0 aliphatic carbocycles. The topological polar surface area (TPSA) is 78.9 Å². The van der Waals surface area contributed by atoms with Gasteiger partial charge in [-0.25, -0.2) is 0 Å². The maximum Gasteiger partial charge on any atom is 0.306 e. The van der Waals surface area contributed by atoms with Gasteiger partial charge in [0.1, 0.15) is 13.2 Å². The van der Waals surface area contributed by atoms with Crippen LogP contribution in [0.2, 0.25) is 0 Å². The van der Waals surface area contributed by atoms with E-state index in [4.69, 9.17) is 14.2 Å². The molecule has 0 rings (SSSR count). The molecule has 0 bridgehead atoms. The first kappa shape index (κ1) is 80.9. The van der Waals surface area contributed by atoms with Crippen molar-refractivity contribution in [1.29, 1.82) is 0 Å². The summed E-state index contributed by atoms with van der Waals surface area (Å²) < 4.78 is 17.0. The highest BCUT2D eigenvalue weighted by Crippen LogP contribution is 2.20. The number of carbonyl (C=O) groups excluding carboxylic acids is 3. The maximum absolute atomic E-state index is 12.9. The summed E-state index contributed by atoms with van der Waals surface area (Å²) in [5.74, 6) is -0.841. The highest BCUT2D eigenvalue weighted by molar-refractivity contribution is 5.71. The van der Waals surface area contributed by atoms with Gasteiger partial charge in [0.25, 0.3) is 0 Å². The van der Waals surface area contributed by atoms with Gasteiger partial charge in [0.2, 0.25) is 0 Å². The maximum atomic E-state index is 12.9. The molecule has 83 heavy (non-hydrogen) atoms. The zero-order chi connectivity index (χ0) is 59.9. The first-order valence-electron chi connectivity index (χ1n) is 37.8. The minimum absolute atomic E-state index is 0.0667. The molecule has 0 radical (unpaired) electrons. The van der Waals surface area contributed by atoms with Gasteiger partial charge in [-0.1, -0.05) is 385 Å². The number of unbranched alkanes of at least 4 members (excludes halogenated alkanes) is 56. The van der Waals surface area contributed by atoms with Crippen LogP contribution in [0.15, 0.2) is 24.3 Å². The van der Waals surface area contributed by atoms with E-state index < -0.39 is 6.10 Å². The van der Waals surface area contributed by atoms with Gasteiger partial charge in [-0.2, -0.15) is 0 Å². The minimum atomic E-state index is -0.770. The van der Waals surface area contributed by atoms with E-state index in [1.165, 1.54) is 327 Å². The Morgan fingerprint density at radius 3 is 0.687 bits per heavy atom. The number of hydrogen-bond donors (Lipinski definition) is 0. The molecular weight excluding hydrogens is 1020 g/mol. The van der Waals surface area contributed by atoms with Gasteiger partial charge < -0.3 is 14.2 Å². The van der Waals surface area contributed by atoms with E-state index in [0.717, 1.165) is 64.2 Å². The van der Waals surface area contributed by atoms with E-state index in [9.17, 15) is 14.4 Å². The second-order valence-corrected chi connectivity index (χ2v) is 25.9. The summed E-state index contributed by atoms with van der Waals surface area (Å²) in [5, 5.41) is 0. The Kier molecular flexibility index (Phi) is 70.5. The molecule has 490 valence electrons. The predicted octanol–water partition coefficient (Wildman–Crippen LogP) is 26.1. The van der Waals surface area contributed by atoms with Crippen LogP contribution < -0.4 is 0 Å².